The molecule has 0 aliphatic carbocycles. The number of aryl methyl sites for hydroxylation is 1. The van der Waals surface area contributed by atoms with Gasteiger partial charge in [0.05, 0.1) is 0 Å². The summed E-state index contributed by atoms with van der Waals surface area (Å²) in [5, 5.41) is 6.40. The molecule has 0 aromatic carbocycles. The molecule has 3 N–H and O–H groups in total. The number of amides is 1. The first-order valence-electron chi connectivity index (χ1n) is 4.98. The molecule has 0 radical (unpaired) electrons. The Morgan fingerprint density at radius 1 is 1.60 bits per heavy atom. The molecule has 84 valence electrons. The third-order valence-electron chi connectivity index (χ3n) is 1.84. The highest BCUT2D eigenvalue weighted by Gasteiger charge is 2.03. The van der Waals surface area contributed by atoms with Gasteiger partial charge >= 0.3 is 0 Å². The number of hydrogen-bond acceptors (Lipinski definition) is 5. The van der Waals surface area contributed by atoms with Gasteiger partial charge in [-0.2, -0.15) is 4.98 Å². The number of carbonyl (C=O) groups is 1. The van der Waals surface area contributed by atoms with E-state index in [2.05, 4.69) is 15.5 Å². The Bertz CT molecular complexity index is 311. The van der Waals surface area contributed by atoms with Crippen LogP contribution in [0.15, 0.2) is 4.52 Å². The van der Waals surface area contributed by atoms with E-state index in [9.17, 15) is 4.79 Å². The van der Waals surface area contributed by atoms with E-state index in [1.165, 1.54) is 0 Å². The molecule has 0 spiro atoms. The molecule has 1 amide bonds. The number of hydrogen-bond donors (Lipinski definition) is 2. The van der Waals surface area contributed by atoms with E-state index in [1.807, 2.05) is 0 Å². The summed E-state index contributed by atoms with van der Waals surface area (Å²) < 4.78 is 4.89. The zero-order valence-electron chi connectivity index (χ0n) is 8.82. The van der Waals surface area contributed by atoms with Crippen molar-refractivity contribution in [3.8, 4) is 0 Å². The number of aromatic nitrogens is 2. The monoisotopic (exact) mass is 212 g/mol. The summed E-state index contributed by atoms with van der Waals surface area (Å²) in [6, 6.07) is 0. The van der Waals surface area contributed by atoms with Crippen LogP contribution >= 0.6 is 0 Å². The first kappa shape index (κ1) is 11.6. The van der Waals surface area contributed by atoms with E-state index in [0.29, 0.717) is 44.1 Å². The van der Waals surface area contributed by atoms with Gasteiger partial charge in [-0.05, 0) is 19.9 Å². The number of nitrogens with one attached hydrogen (secondary N) is 1. The van der Waals surface area contributed by atoms with E-state index in [1.54, 1.807) is 6.92 Å². The second-order valence-electron chi connectivity index (χ2n) is 3.23. The molecule has 0 saturated carbocycles. The van der Waals surface area contributed by atoms with Crippen LogP contribution in [0.5, 0.6) is 0 Å². The van der Waals surface area contributed by atoms with Gasteiger partial charge in [-0.25, -0.2) is 0 Å². The van der Waals surface area contributed by atoms with E-state index in [-0.39, 0.29) is 5.91 Å². The molecule has 0 unspecified atom stereocenters. The lowest BCUT2D eigenvalue weighted by molar-refractivity contribution is -0.121. The van der Waals surface area contributed by atoms with Gasteiger partial charge in [0.15, 0.2) is 5.82 Å². The number of carbonyl (C=O) groups excluding carboxylic acids is 1. The molecule has 0 fully saturated rings. The number of rotatable bonds is 6. The van der Waals surface area contributed by atoms with Gasteiger partial charge < -0.3 is 15.6 Å². The van der Waals surface area contributed by atoms with Crippen LogP contribution in [0.25, 0.3) is 0 Å². The van der Waals surface area contributed by atoms with Crippen molar-refractivity contribution in [1.82, 2.24) is 15.5 Å². The van der Waals surface area contributed by atoms with Gasteiger partial charge in [-0.1, -0.05) is 5.16 Å². The quantitative estimate of drug-likeness (QED) is 0.679. The third kappa shape index (κ3) is 4.55. The third-order valence-corrected chi connectivity index (χ3v) is 1.84. The summed E-state index contributed by atoms with van der Waals surface area (Å²) in [5.41, 5.74) is 5.29. The topological polar surface area (TPSA) is 94.0 Å². The molecule has 0 saturated heterocycles. The first-order valence-corrected chi connectivity index (χ1v) is 4.98. The highest BCUT2D eigenvalue weighted by molar-refractivity contribution is 5.75. The molecule has 0 aliphatic rings. The summed E-state index contributed by atoms with van der Waals surface area (Å²) in [4.78, 5) is 15.2. The average molecular weight is 212 g/mol. The van der Waals surface area contributed by atoms with Crippen LogP contribution < -0.4 is 11.1 Å². The molecule has 0 atom stereocenters. The van der Waals surface area contributed by atoms with Gasteiger partial charge in [0.2, 0.25) is 11.8 Å². The second-order valence-corrected chi connectivity index (χ2v) is 3.23. The Morgan fingerprint density at radius 3 is 3.00 bits per heavy atom. The summed E-state index contributed by atoms with van der Waals surface area (Å²) in [7, 11) is 0. The van der Waals surface area contributed by atoms with Crippen LogP contribution in [0.2, 0.25) is 0 Å². The van der Waals surface area contributed by atoms with Gasteiger partial charge in [0.1, 0.15) is 0 Å². The SMILES string of the molecule is Cc1noc(CCNC(=O)CCCN)n1. The van der Waals surface area contributed by atoms with Gasteiger partial charge in [0, 0.05) is 19.4 Å². The van der Waals surface area contributed by atoms with E-state index in [4.69, 9.17) is 10.3 Å². The van der Waals surface area contributed by atoms with Crippen LogP contribution in [0.3, 0.4) is 0 Å². The fourth-order valence-corrected chi connectivity index (χ4v) is 1.10. The predicted octanol–water partition coefficient (Wildman–Crippen LogP) is -0.224. The van der Waals surface area contributed by atoms with Crippen molar-refractivity contribution in [2.75, 3.05) is 13.1 Å². The highest BCUT2D eigenvalue weighted by atomic mass is 16.5. The number of nitrogens with two attached hydrogens (primary N) is 1. The molecule has 1 aromatic rings. The molecular weight excluding hydrogens is 196 g/mol. The maximum Gasteiger partial charge on any atom is 0.228 e. The maximum absolute atomic E-state index is 11.2. The van der Waals surface area contributed by atoms with E-state index in [0.717, 1.165) is 0 Å². The Kier molecular flexibility index (Phi) is 4.76. The standard InChI is InChI=1S/C9H16N4O2/c1-7-12-9(15-13-7)4-6-11-8(14)3-2-5-10/h2-6,10H2,1H3,(H,11,14). The molecule has 1 heterocycles. The minimum absolute atomic E-state index is 0.0108. The van der Waals surface area contributed by atoms with Crippen molar-refractivity contribution in [1.29, 1.82) is 0 Å². The minimum Gasteiger partial charge on any atom is -0.356 e. The normalized spacial score (nSPS) is 10.3. The Hall–Kier alpha value is -1.43. The molecule has 15 heavy (non-hydrogen) atoms. The van der Waals surface area contributed by atoms with Crippen molar-refractivity contribution >= 4 is 5.91 Å². The van der Waals surface area contributed by atoms with Crippen LogP contribution in [0, 0.1) is 6.92 Å². The molecule has 6 nitrogen and oxygen atoms in total. The van der Waals surface area contributed by atoms with Crippen molar-refractivity contribution in [3.05, 3.63) is 11.7 Å². The smallest absolute Gasteiger partial charge is 0.228 e. The van der Waals surface area contributed by atoms with E-state index >= 15 is 0 Å². The highest BCUT2D eigenvalue weighted by Crippen LogP contribution is 1.95. The van der Waals surface area contributed by atoms with Gasteiger partial charge in [-0.15, -0.1) is 0 Å². The van der Waals surface area contributed by atoms with Crippen LogP contribution in [0.4, 0.5) is 0 Å². The summed E-state index contributed by atoms with van der Waals surface area (Å²) in [6.45, 7) is 2.81. The van der Waals surface area contributed by atoms with Crippen LogP contribution in [0.1, 0.15) is 24.6 Å². The van der Waals surface area contributed by atoms with Crippen molar-refractivity contribution < 1.29 is 9.32 Å². The molecule has 1 rings (SSSR count). The van der Waals surface area contributed by atoms with Gasteiger partial charge in [-0.3, -0.25) is 4.79 Å². The zero-order valence-corrected chi connectivity index (χ0v) is 8.82. The molecule has 0 bridgehead atoms. The summed E-state index contributed by atoms with van der Waals surface area (Å²) >= 11 is 0. The predicted molar refractivity (Wildman–Crippen MR) is 54.0 cm³/mol. The largest absolute Gasteiger partial charge is 0.356 e. The Labute approximate surface area is 88.2 Å². The lowest BCUT2D eigenvalue weighted by Gasteiger charge is -2.01. The lowest BCUT2D eigenvalue weighted by Crippen LogP contribution is -2.26. The average Bonchev–Trinajstić information content (AvgIpc) is 2.61. The van der Waals surface area contributed by atoms with E-state index < -0.39 is 0 Å². The lowest BCUT2D eigenvalue weighted by atomic mass is 10.3. The number of nitrogens with zero attached hydrogens (tertiary/aromatic N) is 2. The minimum atomic E-state index is 0.0108. The fourth-order valence-electron chi connectivity index (χ4n) is 1.10. The first-order chi connectivity index (χ1) is 7.22. The molecular formula is C9H16N4O2. The molecule has 6 heteroatoms. The maximum atomic E-state index is 11.2. The van der Waals surface area contributed by atoms with Crippen molar-refractivity contribution in [2.24, 2.45) is 5.73 Å². The molecule has 0 aliphatic heterocycles. The second kappa shape index (κ2) is 6.13. The van der Waals surface area contributed by atoms with Gasteiger partial charge in [0.25, 0.3) is 0 Å². The van der Waals surface area contributed by atoms with Crippen LogP contribution in [-0.2, 0) is 11.2 Å². The zero-order chi connectivity index (χ0) is 11.1. The summed E-state index contributed by atoms with van der Waals surface area (Å²) in [6.07, 6.45) is 1.75. The van der Waals surface area contributed by atoms with Crippen molar-refractivity contribution in [3.63, 3.8) is 0 Å². The molecule has 1 aromatic heterocycles. The van der Waals surface area contributed by atoms with Crippen LogP contribution in [-0.4, -0.2) is 29.1 Å². The van der Waals surface area contributed by atoms with Crippen molar-refractivity contribution in [2.45, 2.75) is 26.2 Å². The summed E-state index contributed by atoms with van der Waals surface area (Å²) in [5.74, 6) is 1.17. The Morgan fingerprint density at radius 2 is 2.40 bits per heavy atom. The Balaban J connectivity index is 2.13. The fraction of sp³-hybridized carbons (Fsp3) is 0.667.